The molecule has 0 aromatic heterocycles. The molecule has 0 bridgehead atoms. The fourth-order valence-corrected chi connectivity index (χ4v) is 3.64. The monoisotopic (exact) mass is 357 g/mol. The summed E-state index contributed by atoms with van der Waals surface area (Å²) in [6, 6.07) is 28.2. The summed E-state index contributed by atoms with van der Waals surface area (Å²) < 4.78 is 5.93. The van der Waals surface area contributed by atoms with Crippen molar-refractivity contribution in [1.82, 2.24) is 5.32 Å². The lowest BCUT2D eigenvalue weighted by atomic mass is 9.90. The van der Waals surface area contributed by atoms with E-state index in [0.717, 1.165) is 17.5 Å². The Morgan fingerprint density at radius 1 is 0.852 bits per heavy atom. The number of rotatable bonds is 5. The van der Waals surface area contributed by atoms with Crippen LogP contribution in [0.15, 0.2) is 84.9 Å². The second-order valence-corrected chi connectivity index (χ2v) is 6.91. The van der Waals surface area contributed by atoms with E-state index >= 15 is 0 Å². The number of amides is 1. The van der Waals surface area contributed by atoms with E-state index in [9.17, 15) is 4.79 Å². The van der Waals surface area contributed by atoms with Crippen LogP contribution in [0.25, 0.3) is 0 Å². The minimum Gasteiger partial charge on any atom is -0.371 e. The van der Waals surface area contributed by atoms with Crippen LogP contribution in [0.5, 0.6) is 0 Å². The van der Waals surface area contributed by atoms with Crippen molar-refractivity contribution in [3.63, 3.8) is 0 Å². The zero-order valence-electron chi connectivity index (χ0n) is 15.2. The number of benzene rings is 3. The van der Waals surface area contributed by atoms with Gasteiger partial charge >= 0.3 is 0 Å². The highest BCUT2D eigenvalue weighted by atomic mass is 16.5. The number of hydrogen-bond donors (Lipinski definition) is 1. The van der Waals surface area contributed by atoms with Crippen LogP contribution in [0, 0.1) is 0 Å². The standard InChI is InChI=1S/C24H23NO2/c26-24(25-16-22-15-20-13-7-8-14-21(20)17-27-22)23(18-9-3-1-4-10-18)19-11-5-2-6-12-19/h1-14,22-23H,15-17H2,(H,25,26). The molecule has 3 heteroatoms. The van der Waals surface area contributed by atoms with Crippen molar-refractivity contribution in [2.45, 2.75) is 25.0 Å². The van der Waals surface area contributed by atoms with Crippen molar-refractivity contribution >= 4 is 5.91 Å². The molecule has 0 fully saturated rings. The Kier molecular flexibility index (Phi) is 5.31. The summed E-state index contributed by atoms with van der Waals surface area (Å²) in [5.74, 6) is -0.307. The lowest BCUT2D eigenvalue weighted by Gasteiger charge is -2.26. The van der Waals surface area contributed by atoms with Crippen LogP contribution >= 0.6 is 0 Å². The van der Waals surface area contributed by atoms with Gasteiger partial charge in [-0.2, -0.15) is 0 Å². The molecule has 0 saturated heterocycles. The first-order valence-corrected chi connectivity index (χ1v) is 9.37. The Bertz CT molecular complexity index is 853. The summed E-state index contributed by atoms with van der Waals surface area (Å²) >= 11 is 0. The van der Waals surface area contributed by atoms with Crippen LogP contribution < -0.4 is 5.32 Å². The molecular weight excluding hydrogens is 334 g/mol. The summed E-state index contributed by atoms with van der Waals surface area (Å²) in [5.41, 5.74) is 4.55. The topological polar surface area (TPSA) is 38.3 Å². The van der Waals surface area contributed by atoms with Crippen molar-refractivity contribution in [3.05, 3.63) is 107 Å². The Hall–Kier alpha value is -2.91. The maximum Gasteiger partial charge on any atom is 0.232 e. The Labute approximate surface area is 160 Å². The average Bonchev–Trinajstić information content (AvgIpc) is 2.74. The summed E-state index contributed by atoms with van der Waals surface area (Å²) in [6.07, 6.45) is 0.841. The van der Waals surface area contributed by atoms with Gasteiger partial charge in [-0.15, -0.1) is 0 Å². The van der Waals surface area contributed by atoms with Crippen LogP contribution in [0.2, 0.25) is 0 Å². The van der Waals surface area contributed by atoms with E-state index in [1.165, 1.54) is 11.1 Å². The molecule has 0 aliphatic carbocycles. The molecule has 27 heavy (non-hydrogen) atoms. The number of hydrogen-bond acceptors (Lipinski definition) is 2. The van der Waals surface area contributed by atoms with Gasteiger partial charge in [0.05, 0.1) is 18.6 Å². The van der Waals surface area contributed by atoms with Crippen molar-refractivity contribution in [2.24, 2.45) is 0 Å². The van der Waals surface area contributed by atoms with Crippen LogP contribution in [0.4, 0.5) is 0 Å². The molecule has 3 nitrogen and oxygen atoms in total. The van der Waals surface area contributed by atoms with Crippen molar-refractivity contribution < 1.29 is 9.53 Å². The van der Waals surface area contributed by atoms with Gasteiger partial charge in [-0.25, -0.2) is 0 Å². The second-order valence-electron chi connectivity index (χ2n) is 6.91. The van der Waals surface area contributed by atoms with E-state index in [4.69, 9.17) is 4.74 Å². The number of carbonyl (C=O) groups is 1. The number of carbonyl (C=O) groups excluding carboxylic acids is 1. The normalized spacial score (nSPS) is 16.0. The quantitative estimate of drug-likeness (QED) is 0.747. The van der Waals surface area contributed by atoms with Gasteiger partial charge in [0.1, 0.15) is 0 Å². The third-order valence-electron chi connectivity index (χ3n) is 5.07. The van der Waals surface area contributed by atoms with E-state index in [-0.39, 0.29) is 17.9 Å². The van der Waals surface area contributed by atoms with E-state index in [1.54, 1.807) is 0 Å². The molecule has 3 aromatic rings. The van der Waals surface area contributed by atoms with Gasteiger partial charge in [-0.1, -0.05) is 84.9 Å². The predicted octanol–water partition coefficient (Wildman–Crippen LogP) is 4.08. The molecule has 4 rings (SSSR count). The first-order chi connectivity index (χ1) is 13.3. The van der Waals surface area contributed by atoms with E-state index in [2.05, 4.69) is 23.5 Å². The number of fused-ring (bicyclic) bond motifs is 1. The maximum absolute atomic E-state index is 13.1. The Morgan fingerprint density at radius 2 is 1.41 bits per heavy atom. The van der Waals surface area contributed by atoms with Gasteiger partial charge in [0.25, 0.3) is 0 Å². The van der Waals surface area contributed by atoms with Gasteiger partial charge in [-0.3, -0.25) is 4.79 Å². The fraction of sp³-hybridized carbons (Fsp3) is 0.208. The number of ether oxygens (including phenoxy) is 1. The first kappa shape index (κ1) is 17.5. The zero-order valence-corrected chi connectivity index (χ0v) is 15.2. The highest BCUT2D eigenvalue weighted by Gasteiger charge is 2.24. The van der Waals surface area contributed by atoms with E-state index in [0.29, 0.717) is 13.2 Å². The minimum atomic E-state index is -0.316. The molecule has 1 aliphatic heterocycles. The highest BCUT2D eigenvalue weighted by Crippen LogP contribution is 2.25. The molecule has 1 amide bonds. The molecule has 0 radical (unpaired) electrons. The molecule has 1 N–H and O–H groups in total. The van der Waals surface area contributed by atoms with Crippen LogP contribution in [0.3, 0.4) is 0 Å². The third kappa shape index (κ3) is 4.09. The van der Waals surface area contributed by atoms with Crippen LogP contribution in [-0.4, -0.2) is 18.6 Å². The molecule has 136 valence electrons. The van der Waals surface area contributed by atoms with Crippen molar-refractivity contribution in [3.8, 4) is 0 Å². The lowest BCUT2D eigenvalue weighted by Crippen LogP contribution is -2.39. The number of nitrogens with one attached hydrogen (secondary N) is 1. The minimum absolute atomic E-state index is 0.00913. The summed E-state index contributed by atoms with van der Waals surface area (Å²) in [6.45, 7) is 1.13. The van der Waals surface area contributed by atoms with Crippen LogP contribution in [0.1, 0.15) is 28.2 Å². The second kappa shape index (κ2) is 8.19. The third-order valence-corrected chi connectivity index (χ3v) is 5.07. The molecule has 1 aliphatic rings. The van der Waals surface area contributed by atoms with E-state index in [1.807, 2.05) is 66.7 Å². The van der Waals surface area contributed by atoms with E-state index < -0.39 is 0 Å². The van der Waals surface area contributed by atoms with Crippen molar-refractivity contribution in [2.75, 3.05) is 6.54 Å². The maximum atomic E-state index is 13.1. The SMILES string of the molecule is O=C(NCC1Cc2ccccc2CO1)C(c1ccccc1)c1ccccc1. The zero-order chi connectivity index (χ0) is 18.5. The van der Waals surface area contributed by atoms with Gasteiger partial charge in [0, 0.05) is 13.0 Å². The molecular formula is C24H23NO2. The summed E-state index contributed by atoms with van der Waals surface area (Å²) in [7, 11) is 0. The highest BCUT2D eigenvalue weighted by molar-refractivity contribution is 5.87. The van der Waals surface area contributed by atoms with Crippen molar-refractivity contribution in [1.29, 1.82) is 0 Å². The van der Waals surface area contributed by atoms with Gasteiger partial charge in [-0.05, 0) is 22.3 Å². The van der Waals surface area contributed by atoms with Gasteiger partial charge < -0.3 is 10.1 Å². The lowest BCUT2D eigenvalue weighted by molar-refractivity contribution is -0.122. The molecule has 1 unspecified atom stereocenters. The average molecular weight is 357 g/mol. The molecule has 0 saturated carbocycles. The summed E-state index contributed by atoms with van der Waals surface area (Å²) in [5, 5.41) is 3.12. The molecule has 3 aromatic carbocycles. The Balaban J connectivity index is 1.47. The predicted molar refractivity (Wildman–Crippen MR) is 106 cm³/mol. The van der Waals surface area contributed by atoms with Gasteiger partial charge in [0.2, 0.25) is 5.91 Å². The first-order valence-electron chi connectivity index (χ1n) is 9.37. The Morgan fingerprint density at radius 3 is 2.04 bits per heavy atom. The summed E-state index contributed by atoms with van der Waals surface area (Å²) in [4.78, 5) is 13.1. The molecule has 1 atom stereocenters. The fourth-order valence-electron chi connectivity index (χ4n) is 3.64. The molecule has 0 spiro atoms. The largest absolute Gasteiger partial charge is 0.371 e. The smallest absolute Gasteiger partial charge is 0.232 e. The molecule has 1 heterocycles. The van der Waals surface area contributed by atoms with Gasteiger partial charge in [0.15, 0.2) is 0 Å². The van der Waals surface area contributed by atoms with Crippen LogP contribution in [-0.2, 0) is 22.6 Å².